The van der Waals surface area contributed by atoms with E-state index in [1.807, 2.05) is 6.92 Å². The molecule has 0 aliphatic rings. The first-order valence-electron chi connectivity index (χ1n) is 13.1. The Morgan fingerprint density at radius 1 is 0.833 bits per heavy atom. The molecule has 0 amide bonds. The molecule has 0 fully saturated rings. The van der Waals surface area contributed by atoms with Crippen LogP contribution in [0.2, 0.25) is 0 Å². The van der Waals surface area contributed by atoms with E-state index in [1.54, 1.807) is 0 Å². The van der Waals surface area contributed by atoms with E-state index in [1.165, 1.54) is 44.2 Å². The summed E-state index contributed by atoms with van der Waals surface area (Å²) in [7, 11) is 0. The number of furan rings is 1. The van der Waals surface area contributed by atoms with Crippen LogP contribution in [-0.2, 0) is 11.8 Å². The second-order valence-electron chi connectivity index (χ2n) is 11.8. The first kappa shape index (κ1) is 24.3. The average molecular weight is 476 g/mol. The van der Waals surface area contributed by atoms with Gasteiger partial charge in [-0.25, -0.2) is 4.98 Å². The molecule has 184 valence electrons. The minimum absolute atomic E-state index is 0.0171. The predicted molar refractivity (Wildman–Crippen MR) is 154 cm³/mol. The quantitative estimate of drug-likeness (QED) is 0.258. The number of benzene rings is 3. The maximum absolute atomic E-state index is 6.12. The van der Waals surface area contributed by atoms with E-state index >= 15 is 0 Å². The van der Waals surface area contributed by atoms with Crippen molar-refractivity contribution in [2.75, 3.05) is 0 Å². The minimum atomic E-state index is 0.0171. The summed E-state index contributed by atoms with van der Waals surface area (Å²) < 4.78 is 6.12. The molecule has 0 saturated heterocycles. The Bertz CT molecular complexity index is 1570. The highest BCUT2D eigenvalue weighted by Gasteiger charge is 2.21. The summed E-state index contributed by atoms with van der Waals surface area (Å²) in [5.41, 5.74) is 10.6. The number of pyridine rings is 1. The Hall–Kier alpha value is -3.39. The Balaban J connectivity index is 1.77. The zero-order chi connectivity index (χ0) is 25.8. The van der Waals surface area contributed by atoms with Crippen molar-refractivity contribution >= 4 is 21.9 Å². The summed E-state index contributed by atoms with van der Waals surface area (Å²) in [5, 5.41) is 3.62. The van der Waals surface area contributed by atoms with E-state index in [0.29, 0.717) is 11.6 Å². The fraction of sp³-hybridized carbons (Fsp3) is 0.324. The van der Waals surface area contributed by atoms with Gasteiger partial charge in [-0.3, -0.25) is 0 Å². The van der Waals surface area contributed by atoms with E-state index in [9.17, 15) is 0 Å². The van der Waals surface area contributed by atoms with Gasteiger partial charge in [-0.2, -0.15) is 0 Å². The second-order valence-corrected chi connectivity index (χ2v) is 11.8. The van der Waals surface area contributed by atoms with E-state index < -0.39 is 0 Å². The SMILES string of the molecule is Cc1cc2c(-c3c(C)cc(CC(C)C)cc3C)cc(-c3cc(C(C)(C)C)c4ccccc4c3)nc2o1. The van der Waals surface area contributed by atoms with Gasteiger partial charge in [0.25, 0.3) is 0 Å². The molecule has 0 aliphatic heterocycles. The summed E-state index contributed by atoms with van der Waals surface area (Å²) >= 11 is 0. The Morgan fingerprint density at radius 2 is 1.53 bits per heavy atom. The predicted octanol–water partition coefficient (Wildman–Crippen LogP) is 9.74. The van der Waals surface area contributed by atoms with Crippen molar-refractivity contribution in [1.29, 1.82) is 0 Å². The highest BCUT2D eigenvalue weighted by molar-refractivity contribution is 5.98. The molecule has 2 aromatic heterocycles. The summed E-state index contributed by atoms with van der Waals surface area (Å²) in [6.45, 7) is 17.9. The van der Waals surface area contributed by atoms with Gasteiger partial charge in [0, 0.05) is 10.9 Å². The van der Waals surface area contributed by atoms with Crippen LogP contribution in [0.15, 0.2) is 65.1 Å². The first-order chi connectivity index (χ1) is 17.0. The molecule has 5 rings (SSSR count). The molecule has 0 spiro atoms. The molecule has 0 N–H and O–H groups in total. The van der Waals surface area contributed by atoms with Crippen molar-refractivity contribution in [3.63, 3.8) is 0 Å². The number of aromatic nitrogens is 1. The van der Waals surface area contributed by atoms with Crippen molar-refractivity contribution in [3.05, 3.63) is 88.7 Å². The van der Waals surface area contributed by atoms with E-state index in [2.05, 4.69) is 109 Å². The van der Waals surface area contributed by atoms with Crippen molar-refractivity contribution in [2.45, 2.75) is 67.2 Å². The summed E-state index contributed by atoms with van der Waals surface area (Å²) in [5.74, 6) is 1.52. The average Bonchev–Trinajstić information content (AvgIpc) is 3.17. The number of nitrogens with zero attached hydrogens (tertiary/aromatic N) is 1. The number of hydrogen-bond acceptors (Lipinski definition) is 2. The lowest BCUT2D eigenvalue weighted by Gasteiger charge is -2.23. The fourth-order valence-electron chi connectivity index (χ4n) is 5.64. The van der Waals surface area contributed by atoms with E-state index in [0.717, 1.165) is 28.8 Å². The highest BCUT2D eigenvalue weighted by Crippen LogP contribution is 2.40. The lowest BCUT2D eigenvalue weighted by Crippen LogP contribution is -2.12. The van der Waals surface area contributed by atoms with Crippen molar-refractivity contribution < 1.29 is 4.42 Å². The standard InChI is InChI=1S/C34H37NO/c1-20(2)13-24-14-21(3)32(22(4)15-24)28-19-31(35-33-29(28)16-23(5)36-33)26-17-25-11-9-10-12-27(25)30(18-26)34(6,7)8/h9-12,14-20H,13H2,1-8H3. The van der Waals surface area contributed by atoms with Gasteiger partial charge in [-0.05, 0) is 107 Å². The third kappa shape index (κ3) is 4.46. The topological polar surface area (TPSA) is 26.0 Å². The molecule has 2 nitrogen and oxygen atoms in total. The molecular weight excluding hydrogens is 438 g/mol. The molecule has 36 heavy (non-hydrogen) atoms. The smallest absolute Gasteiger partial charge is 0.227 e. The molecule has 0 bridgehead atoms. The van der Waals surface area contributed by atoms with E-state index in [-0.39, 0.29) is 5.41 Å². The van der Waals surface area contributed by atoms with Gasteiger partial charge in [0.1, 0.15) is 5.76 Å². The van der Waals surface area contributed by atoms with Crippen molar-refractivity contribution in [2.24, 2.45) is 5.92 Å². The summed E-state index contributed by atoms with van der Waals surface area (Å²) in [6.07, 6.45) is 1.09. The van der Waals surface area contributed by atoms with Crippen LogP contribution < -0.4 is 0 Å². The number of hydrogen-bond donors (Lipinski definition) is 0. The lowest BCUT2D eigenvalue weighted by atomic mass is 9.82. The van der Waals surface area contributed by atoms with Crippen molar-refractivity contribution in [1.82, 2.24) is 4.98 Å². The number of fused-ring (bicyclic) bond motifs is 2. The third-order valence-electron chi connectivity index (χ3n) is 7.10. The van der Waals surface area contributed by atoms with Gasteiger partial charge in [-0.15, -0.1) is 0 Å². The zero-order valence-electron chi connectivity index (χ0n) is 22.9. The van der Waals surface area contributed by atoms with Gasteiger partial charge in [-0.1, -0.05) is 71.0 Å². The van der Waals surface area contributed by atoms with Gasteiger partial charge in [0.15, 0.2) is 0 Å². The van der Waals surface area contributed by atoms with Gasteiger partial charge >= 0.3 is 0 Å². The van der Waals surface area contributed by atoms with Crippen LogP contribution in [0.3, 0.4) is 0 Å². The monoisotopic (exact) mass is 475 g/mol. The molecule has 0 saturated carbocycles. The Kier molecular flexibility index (Phi) is 6.03. The normalized spacial score (nSPS) is 12.2. The van der Waals surface area contributed by atoms with Gasteiger partial charge in [0.2, 0.25) is 5.71 Å². The number of aryl methyl sites for hydroxylation is 3. The van der Waals surface area contributed by atoms with Crippen LogP contribution in [0.25, 0.3) is 44.3 Å². The van der Waals surface area contributed by atoms with Crippen LogP contribution in [0, 0.1) is 26.7 Å². The molecule has 2 heterocycles. The molecule has 0 aliphatic carbocycles. The molecular formula is C34H37NO. The van der Waals surface area contributed by atoms with Crippen LogP contribution in [0.4, 0.5) is 0 Å². The largest absolute Gasteiger partial charge is 0.443 e. The van der Waals surface area contributed by atoms with Crippen LogP contribution in [0.1, 0.15) is 62.6 Å². The van der Waals surface area contributed by atoms with Gasteiger partial charge in [0.05, 0.1) is 5.69 Å². The van der Waals surface area contributed by atoms with Crippen LogP contribution >= 0.6 is 0 Å². The molecule has 0 unspecified atom stereocenters. The van der Waals surface area contributed by atoms with Crippen LogP contribution in [0.5, 0.6) is 0 Å². The van der Waals surface area contributed by atoms with E-state index in [4.69, 9.17) is 9.40 Å². The first-order valence-corrected chi connectivity index (χ1v) is 13.1. The maximum Gasteiger partial charge on any atom is 0.227 e. The molecule has 2 heteroatoms. The maximum atomic E-state index is 6.12. The Labute approximate surface area is 215 Å². The minimum Gasteiger partial charge on any atom is -0.443 e. The number of rotatable bonds is 4. The fourth-order valence-corrected chi connectivity index (χ4v) is 5.64. The zero-order valence-corrected chi connectivity index (χ0v) is 22.9. The third-order valence-corrected chi connectivity index (χ3v) is 7.10. The van der Waals surface area contributed by atoms with Crippen molar-refractivity contribution in [3.8, 4) is 22.4 Å². The molecule has 0 atom stereocenters. The molecule has 5 aromatic rings. The second kappa shape index (κ2) is 8.92. The van der Waals surface area contributed by atoms with Gasteiger partial charge < -0.3 is 4.42 Å². The molecule has 3 aromatic carbocycles. The summed E-state index contributed by atoms with van der Waals surface area (Å²) in [6, 6.07) is 22.4. The van der Waals surface area contributed by atoms with Crippen LogP contribution in [-0.4, -0.2) is 4.98 Å². The lowest BCUT2D eigenvalue weighted by molar-refractivity contribution is 0.568. The summed E-state index contributed by atoms with van der Waals surface area (Å²) in [4.78, 5) is 5.03. The Morgan fingerprint density at radius 3 is 2.19 bits per heavy atom. The molecule has 0 radical (unpaired) electrons. The highest BCUT2D eigenvalue weighted by atomic mass is 16.3.